The topological polar surface area (TPSA) is 59.9 Å². The molecule has 0 saturated heterocycles. The van der Waals surface area contributed by atoms with E-state index in [0.717, 1.165) is 11.3 Å². The first-order valence-corrected chi connectivity index (χ1v) is 5.48. The lowest BCUT2D eigenvalue weighted by molar-refractivity contribution is 0.590. The highest BCUT2D eigenvalue weighted by atomic mass is 32.2. The second-order valence-electron chi connectivity index (χ2n) is 2.84. The molecule has 64 valence electrons. The molecule has 0 atom stereocenters. The lowest BCUT2D eigenvalue weighted by Gasteiger charge is -2.13. The second-order valence-corrected chi connectivity index (χ2v) is 5.02. The predicted molar refractivity (Wildman–Crippen MR) is 43.2 cm³/mol. The molecule has 1 aromatic heterocycles. The van der Waals surface area contributed by atoms with Gasteiger partial charge in [-0.1, -0.05) is 0 Å². The van der Waals surface area contributed by atoms with Crippen molar-refractivity contribution < 1.29 is 8.42 Å². The van der Waals surface area contributed by atoms with E-state index in [-0.39, 0.29) is 11.5 Å². The molecule has 0 spiro atoms. The van der Waals surface area contributed by atoms with E-state index in [1.165, 1.54) is 6.33 Å². The first kappa shape index (κ1) is 7.67. The third-order valence-corrected chi connectivity index (χ3v) is 3.48. The van der Waals surface area contributed by atoms with Gasteiger partial charge >= 0.3 is 0 Å². The van der Waals surface area contributed by atoms with Crippen LogP contribution >= 0.6 is 0 Å². The average molecular weight is 184 g/mol. The number of sulfone groups is 1. The van der Waals surface area contributed by atoms with Crippen LogP contribution in [0, 0.1) is 0 Å². The molecule has 0 aliphatic carbocycles. The molecule has 0 saturated carbocycles. The summed E-state index contributed by atoms with van der Waals surface area (Å²) in [4.78, 5) is 7.80. The van der Waals surface area contributed by atoms with Crippen LogP contribution in [0.2, 0.25) is 0 Å². The Balaban J connectivity index is 2.48. The van der Waals surface area contributed by atoms with Gasteiger partial charge < -0.3 is 0 Å². The molecule has 0 amide bonds. The Labute approximate surface area is 70.6 Å². The highest BCUT2D eigenvalue weighted by Crippen LogP contribution is 2.16. The molecule has 0 fully saturated rings. The van der Waals surface area contributed by atoms with Crippen LogP contribution in [-0.4, -0.2) is 24.1 Å². The summed E-state index contributed by atoms with van der Waals surface area (Å²) in [7, 11) is -2.88. The fourth-order valence-corrected chi connectivity index (χ4v) is 2.65. The summed E-state index contributed by atoms with van der Waals surface area (Å²) < 4.78 is 22.3. The average Bonchev–Trinajstić information content (AvgIpc) is 2.02. The molecule has 0 aromatic carbocycles. The van der Waals surface area contributed by atoms with E-state index in [4.69, 9.17) is 0 Å². The summed E-state index contributed by atoms with van der Waals surface area (Å²) in [6.07, 6.45) is 3.57. The maximum atomic E-state index is 11.2. The Morgan fingerprint density at radius 3 is 3.08 bits per heavy atom. The molecule has 1 aliphatic rings. The third-order valence-electron chi connectivity index (χ3n) is 1.91. The Morgan fingerprint density at radius 2 is 2.25 bits per heavy atom. The number of nitrogens with zero attached hydrogens (tertiary/aromatic N) is 2. The Hall–Kier alpha value is -0.970. The van der Waals surface area contributed by atoms with Gasteiger partial charge in [-0.2, -0.15) is 0 Å². The van der Waals surface area contributed by atoms with E-state index in [2.05, 4.69) is 9.97 Å². The SMILES string of the molecule is O=S1(=O)CCc2ncncc2C1. The van der Waals surface area contributed by atoms with Crippen LogP contribution in [0.4, 0.5) is 0 Å². The summed E-state index contributed by atoms with van der Waals surface area (Å²) >= 11 is 0. The van der Waals surface area contributed by atoms with E-state index < -0.39 is 9.84 Å². The minimum Gasteiger partial charge on any atom is -0.244 e. The van der Waals surface area contributed by atoms with Gasteiger partial charge in [-0.3, -0.25) is 0 Å². The maximum absolute atomic E-state index is 11.2. The van der Waals surface area contributed by atoms with Gasteiger partial charge in [0.2, 0.25) is 0 Å². The zero-order valence-corrected chi connectivity index (χ0v) is 7.21. The molecular weight excluding hydrogens is 176 g/mol. The summed E-state index contributed by atoms with van der Waals surface area (Å²) in [5.41, 5.74) is 1.63. The minimum absolute atomic E-state index is 0.100. The molecule has 1 aromatic rings. The lowest BCUT2D eigenvalue weighted by Crippen LogP contribution is -2.20. The quantitative estimate of drug-likeness (QED) is 0.567. The molecule has 5 heteroatoms. The second kappa shape index (κ2) is 2.52. The van der Waals surface area contributed by atoms with Crippen LogP contribution in [0.5, 0.6) is 0 Å². The maximum Gasteiger partial charge on any atom is 0.154 e. The van der Waals surface area contributed by atoms with Crippen LogP contribution in [-0.2, 0) is 22.0 Å². The number of hydrogen-bond acceptors (Lipinski definition) is 4. The van der Waals surface area contributed by atoms with Gasteiger partial charge in [0.05, 0.1) is 11.5 Å². The van der Waals surface area contributed by atoms with Gasteiger partial charge in [-0.15, -0.1) is 0 Å². The van der Waals surface area contributed by atoms with Crippen molar-refractivity contribution in [2.75, 3.05) is 5.75 Å². The monoisotopic (exact) mass is 184 g/mol. The standard InChI is InChI=1S/C7H8N2O2S/c10-12(11)2-1-7-6(4-12)3-8-5-9-7/h3,5H,1-2,4H2. The number of rotatable bonds is 0. The zero-order chi connectivity index (χ0) is 8.60. The van der Waals surface area contributed by atoms with Gasteiger partial charge in [0.1, 0.15) is 6.33 Å². The minimum atomic E-state index is -2.88. The van der Waals surface area contributed by atoms with Crippen LogP contribution < -0.4 is 0 Å². The van der Waals surface area contributed by atoms with E-state index in [9.17, 15) is 8.42 Å². The normalized spacial score (nSPS) is 20.0. The van der Waals surface area contributed by atoms with Crippen LogP contribution in [0.15, 0.2) is 12.5 Å². The zero-order valence-electron chi connectivity index (χ0n) is 6.40. The van der Waals surface area contributed by atoms with Crippen molar-refractivity contribution in [3.63, 3.8) is 0 Å². The molecule has 4 nitrogen and oxygen atoms in total. The Morgan fingerprint density at radius 1 is 1.42 bits per heavy atom. The van der Waals surface area contributed by atoms with Gasteiger partial charge in [-0.05, 0) is 0 Å². The number of aryl methyl sites for hydroxylation is 1. The van der Waals surface area contributed by atoms with Crippen LogP contribution in [0.1, 0.15) is 11.3 Å². The largest absolute Gasteiger partial charge is 0.244 e. The number of hydrogen-bond donors (Lipinski definition) is 0. The fraction of sp³-hybridized carbons (Fsp3) is 0.429. The summed E-state index contributed by atoms with van der Waals surface area (Å²) in [6.45, 7) is 0. The van der Waals surface area contributed by atoms with Gasteiger partial charge in [-0.25, -0.2) is 18.4 Å². The van der Waals surface area contributed by atoms with Crippen molar-refractivity contribution in [3.05, 3.63) is 23.8 Å². The molecule has 2 heterocycles. The van der Waals surface area contributed by atoms with Gasteiger partial charge in [0.15, 0.2) is 9.84 Å². The molecule has 0 bridgehead atoms. The van der Waals surface area contributed by atoms with E-state index >= 15 is 0 Å². The molecule has 12 heavy (non-hydrogen) atoms. The number of aromatic nitrogens is 2. The smallest absolute Gasteiger partial charge is 0.154 e. The van der Waals surface area contributed by atoms with Crippen LogP contribution in [0.25, 0.3) is 0 Å². The van der Waals surface area contributed by atoms with Gasteiger partial charge in [0, 0.05) is 23.9 Å². The summed E-state index contributed by atoms with van der Waals surface area (Å²) in [6, 6.07) is 0. The van der Waals surface area contributed by atoms with Gasteiger partial charge in [0.25, 0.3) is 0 Å². The first-order chi connectivity index (χ1) is 5.67. The molecule has 0 unspecified atom stereocenters. The lowest BCUT2D eigenvalue weighted by atomic mass is 10.2. The summed E-state index contributed by atoms with van der Waals surface area (Å²) in [5, 5.41) is 0. The fourth-order valence-electron chi connectivity index (χ4n) is 1.29. The molecule has 0 N–H and O–H groups in total. The predicted octanol–water partition coefficient (Wildman–Crippen LogP) is -0.0525. The Bertz CT molecular complexity index is 400. The first-order valence-electron chi connectivity index (χ1n) is 3.65. The van der Waals surface area contributed by atoms with E-state index in [1.54, 1.807) is 6.20 Å². The number of fused-ring (bicyclic) bond motifs is 1. The van der Waals surface area contributed by atoms with Crippen molar-refractivity contribution in [3.8, 4) is 0 Å². The summed E-state index contributed by atoms with van der Waals surface area (Å²) in [5.74, 6) is 0.320. The van der Waals surface area contributed by atoms with Crippen molar-refractivity contribution in [2.45, 2.75) is 12.2 Å². The van der Waals surface area contributed by atoms with E-state index in [1.807, 2.05) is 0 Å². The Kier molecular flexibility index (Phi) is 1.61. The highest BCUT2D eigenvalue weighted by molar-refractivity contribution is 7.90. The van der Waals surface area contributed by atoms with Crippen molar-refractivity contribution in [1.82, 2.24) is 9.97 Å². The van der Waals surface area contributed by atoms with Crippen molar-refractivity contribution in [1.29, 1.82) is 0 Å². The van der Waals surface area contributed by atoms with Crippen LogP contribution in [0.3, 0.4) is 0 Å². The van der Waals surface area contributed by atoms with Crippen molar-refractivity contribution >= 4 is 9.84 Å². The molecule has 1 aliphatic heterocycles. The highest BCUT2D eigenvalue weighted by Gasteiger charge is 2.21. The molecule has 2 rings (SSSR count). The van der Waals surface area contributed by atoms with E-state index in [0.29, 0.717) is 6.42 Å². The molecular formula is C7H8N2O2S. The third kappa shape index (κ3) is 1.32. The van der Waals surface area contributed by atoms with Crippen molar-refractivity contribution in [2.24, 2.45) is 0 Å². The molecule has 0 radical (unpaired) electrons.